The summed E-state index contributed by atoms with van der Waals surface area (Å²) in [6.07, 6.45) is 6.45. The molecule has 0 saturated carbocycles. The van der Waals surface area contributed by atoms with Gasteiger partial charge in [0.15, 0.2) is 11.5 Å². The maximum Gasteiger partial charge on any atom is 0.231 e. The van der Waals surface area contributed by atoms with E-state index < -0.39 is 0 Å². The largest absolute Gasteiger partial charge is 0.493 e. The lowest BCUT2D eigenvalue weighted by Gasteiger charge is -2.13. The predicted octanol–water partition coefficient (Wildman–Crippen LogP) is 3.65. The van der Waals surface area contributed by atoms with E-state index in [0.29, 0.717) is 6.79 Å². The SMILES string of the molecule is C=CCCCCCOc1cc2c(cc1CNCC)OCO2. The Hall–Kier alpha value is -1.68. The molecule has 4 nitrogen and oxygen atoms in total. The highest BCUT2D eigenvalue weighted by Gasteiger charge is 2.17. The molecule has 0 amide bonds. The van der Waals surface area contributed by atoms with Gasteiger partial charge in [0.1, 0.15) is 5.75 Å². The van der Waals surface area contributed by atoms with Crippen molar-refractivity contribution in [1.29, 1.82) is 0 Å². The van der Waals surface area contributed by atoms with Crippen LogP contribution in [0.5, 0.6) is 17.2 Å². The third-order valence-corrected chi connectivity index (χ3v) is 3.43. The third-order valence-electron chi connectivity index (χ3n) is 3.43. The quantitative estimate of drug-likeness (QED) is 0.527. The third kappa shape index (κ3) is 4.67. The van der Waals surface area contributed by atoms with Gasteiger partial charge in [-0.1, -0.05) is 13.0 Å². The van der Waals surface area contributed by atoms with Crippen LogP contribution in [-0.2, 0) is 6.54 Å². The highest BCUT2D eigenvalue weighted by atomic mass is 16.7. The number of allylic oxidation sites excluding steroid dienone is 1. The number of nitrogens with one attached hydrogen (secondary N) is 1. The molecule has 1 N–H and O–H groups in total. The van der Waals surface area contributed by atoms with Gasteiger partial charge in [0.05, 0.1) is 6.61 Å². The first-order chi connectivity index (χ1) is 10.3. The molecule has 0 aromatic heterocycles. The van der Waals surface area contributed by atoms with Gasteiger partial charge in [0.2, 0.25) is 6.79 Å². The summed E-state index contributed by atoms with van der Waals surface area (Å²) in [5, 5.41) is 3.33. The Morgan fingerprint density at radius 1 is 1.24 bits per heavy atom. The van der Waals surface area contributed by atoms with E-state index in [0.717, 1.165) is 55.4 Å². The molecule has 0 radical (unpaired) electrons. The molecule has 0 spiro atoms. The topological polar surface area (TPSA) is 39.7 Å². The lowest BCUT2D eigenvalue weighted by molar-refractivity contribution is 0.173. The minimum Gasteiger partial charge on any atom is -0.493 e. The molecule has 4 heteroatoms. The van der Waals surface area contributed by atoms with Crippen LogP contribution in [0.1, 0.15) is 38.2 Å². The second-order valence-electron chi connectivity index (χ2n) is 5.08. The van der Waals surface area contributed by atoms with Gasteiger partial charge in [0.25, 0.3) is 0 Å². The monoisotopic (exact) mass is 291 g/mol. The molecule has 0 unspecified atom stereocenters. The predicted molar refractivity (Wildman–Crippen MR) is 84.1 cm³/mol. The number of rotatable bonds is 10. The molecule has 0 fully saturated rings. The standard InChI is InChI=1S/C17H25NO3/c1-3-5-6-7-8-9-19-15-11-17-16(20-13-21-17)10-14(15)12-18-4-2/h3,10-11,18H,1,4-9,12-13H2,2H3. The van der Waals surface area contributed by atoms with Gasteiger partial charge in [-0.05, 0) is 38.3 Å². The molecule has 1 aromatic carbocycles. The van der Waals surface area contributed by atoms with Gasteiger partial charge in [-0.25, -0.2) is 0 Å². The number of fused-ring (bicyclic) bond motifs is 1. The van der Waals surface area contributed by atoms with E-state index in [4.69, 9.17) is 14.2 Å². The van der Waals surface area contributed by atoms with Crippen molar-refractivity contribution < 1.29 is 14.2 Å². The Morgan fingerprint density at radius 2 is 2.05 bits per heavy atom. The fourth-order valence-corrected chi connectivity index (χ4v) is 2.25. The summed E-state index contributed by atoms with van der Waals surface area (Å²) < 4.78 is 16.8. The Labute approximate surface area is 127 Å². The Kier molecular flexibility index (Phi) is 6.41. The lowest BCUT2D eigenvalue weighted by atomic mass is 10.1. The van der Waals surface area contributed by atoms with Crippen molar-refractivity contribution in [2.75, 3.05) is 19.9 Å². The molecular formula is C17H25NO3. The van der Waals surface area contributed by atoms with Crippen LogP contribution >= 0.6 is 0 Å². The fourth-order valence-electron chi connectivity index (χ4n) is 2.25. The van der Waals surface area contributed by atoms with Crippen molar-refractivity contribution in [3.63, 3.8) is 0 Å². The molecule has 1 aliphatic rings. The maximum absolute atomic E-state index is 5.94. The van der Waals surface area contributed by atoms with E-state index in [-0.39, 0.29) is 0 Å². The highest BCUT2D eigenvalue weighted by Crippen LogP contribution is 2.38. The number of unbranched alkanes of at least 4 members (excludes halogenated alkanes) is 3. The molecule has 0 saturated heterocycles. The zero-order valence-corrected chi connectivity index (χ0v) is 12.8. The Balaban J connectivity index is 1.91. The van der Waals surface area contributed by atoms with Crippen molar-refractivity contribution in [3.05, 3.63) is 30.4 Å². The molecule has 1 aromatic rings. The average Bonchev–Trinajstić information content (AvgIpc) is 2.95. The van der Waals surface area contributed by atoms with E-state index in [1.165, 1.54) is 12.8 Å². The first kappa shape index (κ1) is 15.7. The molecular weight excluding hydrogens is 266 g/mol. The summed E-state index contributed by atoms with van der Waals surface area (Å²) in [5.74, 6) is 2.47. The van der Waals surface area contributed by atoms with E-state index in [9.17, 15) is 0 Å². The van der Waals surface area contributed by atoms with E-state index in [1.54, 1.807) is 0 Å². The zero-order valence-electron chi connectivity index (χ0n) is 12.8. The van der Waals surface area contributed by atoms with Gasteiger partial charge in [0, 0.05) is 18.2 Å². The highest BCUT2D eigenvalue weighted by molar-refractivity contribution is 5.51. The second kappa shape index (κ2) is 8.57. The summed E-state index contributed by atoms with van der Waals surface area (Å²) in [5.41, 5.74) is 1.12. The molecule has 1 aliphatic heterocycles. The van der Waals surface area contributed by atoms with Crippen molar-refractivity contribution in [3.8, 4) is 17.2 Å². The molecule has 116 valence electrons. The van der Waals surface area contributed by atoms with Crippen LogP contribution in [0.3, 0.4) is 0 Å². The van der Waals surface area contributed by atoms with E-state index >= 15 is 0 Å². The van der Waals surface area contributed by atoms with Gasteiger partial charge < -0.3 is 19.5 Å². The summed E-state index contributed by atoms with van der Waals surface area (Å²) in [6.45, 7) is 8.55. The normalized spacial score (nSPS) is 12.4. The van der Waals surface area contributed by atoms with Gasteiger partial charge in [-0.15, -0.1) is 6.58 Å². The average molecular weight is 291 g/mol. The maximum atomic E-state index is 5.94. The van der Waals surface area contributed by atoms with Crippen molar-refractivity contribution in [2.24, 2.45) is 0 Å². The van der Waals surface area contributed by atoms with Crippen LogP contribution in [0.25, 0.3) is 0 Å². The Morgan fingerprint density at radius 3 is 2.81 bits per heavy atom. The minimum absolute atomic E-state index is 0.293. The number of benzene rings is 1. The van der Waals surface area contributed by atoms with Crippen LogP contribution in [0.15, 0.2) is 24.8 Å². The molecule has 1 heterocycles. The van der Waals surface area contributed by atoms with Crippen LogP contribution in [0.2, 0.25) is 0 Å². The van der Waals surface area contributed by atoms with Crippen LogP contribution in [0.4, 0.5) is 0 Å². The molecule has 2 rings (SSSR count). The van der Waals surface area contributed by atoms with Crippen molar-refractivity contribution >= 4 is 0 Å². The van der Waals surface area contributed by atoms with Crippen LogP contribution in [-0.4, -0.2) is 19.9 Å². The van der Waals surface area contributed by atoms with E-state index in [1.807, 2.05) is 18.2 Å². The van der Waals surface area contributed by atoms with E-state index in [2.05, 4.69) is 18.8 Å². The first-order valence-electron chi connectivity index (χ1n) is 7.72. The minimum atomic E-state index is 0.293. The van der Waals surface area contributed by atoms with Crippen LogP contribution in [0, 0.1) is 0 Å². The van der Waals surface area contributed by atoms with Gasteiger partial charge >= 0.3 is 0 Å². The van der Waals surface area contributed by atoms with Crippen molar-refractivity contribution in [2.45, 2.75) is 39.2 Å². The molecule has 0 atom stereocenters. The lowest BCUT2D eigenvalue weighted by Crippen LogP contribution is -2.13. The number of hydrogen-bond donors (Lipinski definition) is 1. The zero-order chi connectivity index (χ0) is 14.9. The summed E-state index contributed by atoms with van der Waals surface area (Å²) in [7, 11) is 0. The molecule has 21 heavy (non-hydrogen) atoms. The van der Waals surface area contributed by atoms with Gasteiger partial charge in [-0.2, -0.15) is 0 Å². The molecule has 0 bridgehead atoms. The fraction of sp³-hybridized carbons (Fsp3) is 0.529. The smallest absolute Gasteiger partial charge is 0.231 e. The van der Waals surface area contributed by atoms with Crippen molar-refractivity contribution in [1.82, 2.24) is 5.32 Å². The Bertz CT molecular complexity index is 460. The second-order valence-corrected chi connectivity index (χ2v) is 5.08. The van der Waals surface area contributed by atoms with Gasteiger partial charge in [-0.3, -0.25) is 0 Å². The number of ether oxygens (including phenoxy) is 3. The number of hydrogen-bond acceptors (Lipinski definition) is 4. The summed E-state index contributed by atoms with van der Waals surface area (Å²) in [4.78, 5) is 0. The first-order valence-corrected chi connectivity index (χ1v) is 7.72. The molecule has 0 aliphatic carbocycles. The summed E-state index contributed by atoms with van der Waals surface area (Å²) >= 11 is 0. The summed E-state index contributed by atoms with van der Waals surface area (Å²) in [6, 6.07) is 3.96. The van der Waals surface area contributed by atoms with Crippen LogP contribution < -0.4 is 19.5 Å².